The lowest BCUT2D eigenvalue weighted by atomic mass is 9.71. The number of rotatable bonds is 4. The monoisotopic (exact) mass is 480 g/mol. The van der Waals surface area contributed by atoms with E-state index in [4.69, 9.17) is 13.9 Å². The standard InChI is InChI=1S/C23H33BrO4Si/c1-22(2,3)29(5,6)28-23-14-8-7-9-19(23)18(15-20(27-23)21(25)26-4)16-10-12-17(24)13-11-16/h10-13,15,18-19H,7-9,14H2,1-6H3/t18-,19+,23+/m1/s1. The highest BCUT2D eigenvalue weighted by molar-refractivity contribution is 9.10. The highest BCUT2D eigenvalue weighted by Gasteiger charge is 2.56. The van der Waals surface area contributed by atoms with Gasteiger partial charge in [0.05, 0.1) is 7.11 Å². The number of hydrogen-bond acceptors (Lipinski definition) is 4. The highest BCUT2D eigenvalue weighted by Crippen LogP contribution is 2.53. The van der Waals surface area contributed by atoms with Gasteiger partial charge in [0.25, 0.3) is 0 Å². The normalized spacial score (nSPS) is 27.5. The minimum Gasteiger partial charge on any atom is -0.463 e. The first-order chi connectivity index (χ1) is 13.5. The van der Waals surface area contributed by atoms with Gasteiger partial charge in [-0.3, -0.25) is 0 Å². The van der Waals surface area contributed by atoms with Gasteiger partial charge >= 0.3 is 5.97 Å². The summed E-state index contributed by atoms with van der Waals surface area (Å²) in [4.78, 5) is 12.5. The number of carbonyl (C=O) groups excluding carboxylic acids is 1. The van der Waals surface area contributed by atoms with Crippen LogP contribution in [-0.4, -0.2) is 27.2 Å². The smallest absolute Gasteiger partial charge is 0.373 e. The molecule has 29 heavy (non-hydrogen) atoms. The molecule has 1 aromatic rings. The van der Waals surface area contributed by atoms with Gasteiger partial charge in [0.1, 0.15) is 0 Å². The van der Waals surface area contributed by atoms with Crippen molar-refractivity contribution in [3.8, 4) is 0 Å². The molecule has 1 heterocycles. The van der Waals surface area contributed by atoms with E-state index in [1.807, 2.05) is 6.08 Å². The molecule has 1 saturated carbocycles. The van der Waals surface area contributed by atoms with Gasteiger partial charge in [-0.05, 0) is 54.7 Å². The molecule has 0 N–H and O–H groups in total. The van der Waals surface area contributed by atoms with Gasteiger partial charge in [0.2, 0.25) is 11.5 Å². The van der Waals surface area contributed by atoms with Crippen molar-refractivity contribution in [2.45, 2.75) is 76.3 Å². The van der Waals surface area contributed by atoms with Crippen LogP contribution in [-0.2, 0) is 18.7 Å². The fourth-order valence-electron chi connectivity index (χ4n) is 4.18. The Bertz CT molecular complexity index is 781. The van der Waals surface area contributed by atoms with Crippen molar-refractivity contribution >= 4 is 30.2 Å². The number of allylic oxidation sites excluding steroid dienone is 1. The zero-order valence-corrected chi connectivity index (χ0v) is 21.0. The molecule has 6 heteroatoms. The van der Waals surface area contributed by atoms with E-state index < -0.39 is 20.1 Å². The Balaban J connectivity index is 2.09. The van der Waals surface area contributed by atoms with Crippen molar-refractivity contribution in [3.05, 3.63) is 46.1 Å². The van der Waals surface area contributed by atoms with Gasteiger partial charge in [-0.25, -0.2) is 4.79 Å². The molecule has 0 saturated heterocycles. The third-order valence-corrected chi connectivity index (χ3v) is 11.8. The summed E-state index contributed by atoms with van der Waals surface area (Å²) in [5.74, 6) is -0.723. The molecule has 1 fully saturated rings. The lowest BCUT2D eigenvalue weighted by Gasteiger charge is -2.53. The zero-order chi connectivity index (χ0) is 21.4. The molecule has 1 aliphatic heterocycles. The third-order valence-electron chi connectivity index (χ3n) is 6.78. The highest BCUT2D eigenvalue weighted by atomic mass is 79.9. The molecule has 4 nitrogen and oxygen atoms in total. The molecule has 3 atom stereocenters. The predicted molar refractivity (Wildman–Crippen MR) is 121 cm³/mol. The average Bonchev–Trinajstić information content (AvgIpc) is 2.65. The molecule has 0 unspecified atom stereocenters. The third kappa shape index (κ3) is 4.49. The quantitative estimate of drug-likeness (QED) is 0.362. The molecular formula is C23H33BrO4Si. The Morgan fingerprint density at radius 1 is 1.21 bits per heavy atom. The van der Waals surface area contributed by atoms with Crippen molar-refractivity contribution in [1.82, 2.24) is 0 Å². The zero-order valence-electron chi connectivity index (χ0n) is 18.4. The van der Waals surface area contributed by atoms with E-state index in [-0.39, 0.29) is 22.6 Å². The van der Waals surface area contributed by atoms with E-state index in [0.717, 1.165) is 30.2 Å². The van der Waals surface area contributed by atoms with Crippen LogP contribution in [0.25, 0.3) is 0 Å². The first-order valence-corrected chi connectivity index (χ1v) is 14.1. The van der Waals surface area contributed by atoms with Gasteiger partial charge in [0.15, 0.2) is 8.32 Å². The number of fused-ring (bicyclic) bond motifs is 1. The predicted octanol–water partition coefficient (Wildman–Crippen LogP) is 6.53. The van der Waals surface area contributed by atoms with E-state index in [1.165, 1.54) is 12.7 Å². The second kappa shape index (κ2) is 8.20. The molecule has 1 aliphatic carbocycles. The lowest BCUT2D eigenvalue weighted by molar-refractivity contribution is -0.232. The van der Waals surface area contributed by atoms with Crippen LogP contribution in [0.1, 0.15) is 57.9 Å². The number of carbonyl (C=O) groups is 1. The molecule has 0 aromatic heterocycles. The van der Waals surface area contributed by atoms with Crippen molar-refractivity contribution in [2.75, 3.05) is 7.11 Å². The summed E-state index contributed by atoms with van der Waals surface area (Å²) in [5.41, 5.74) is 1.17. The first-order valence-electron chi connectivity index (χ1n) is 10.4. The van der Waals surface area contributed by atoms with Gasteiger partial charge in [-0.2, -0.15) is 0 Å². The van der Waals surface area contributed by atoms with Gasteiger partial charge in [0, 0.05) is 22.7 Å². The van der Waals surface area contributed by atoms with Crippen LogP contribution < -0.4 is 0 Å². The second-order valence-electron chi connectivity index (χ2n) is 9.73. The molecule has 3 rings (SSSR count). The number of methoxy groups -OCH3 is 1. The van der Waals surface area contributed by atoms with Gasteiger partial charge in [-0.1, -0.05) is 55.3 Å². The Kier molecular flexibility index (Phi) is 6.38. The number of halogens is 1. The summed E-state index contributed by atoms with van der Waals surface area (Å²) in [7, 11) is -0.737. The van der Waals surface area contributed by atoms with Crippen LogP contribution in [0.2, 0.25) is 18.1 Å². The maximum absolute atomic E-state index is 12.5. The molecule has 0 spiro atoms. The number of hydrogen-bond donors (Lipinski definition) is 0. The van der Waals surface area contributed by atoms with Crippen molar-refractivity contribution < 1.29 is 18.7 Å². The molecule has 0 radical (unpaired) electrons. The second-order valence-corrected chi connectivity index (χ2v) is 15.4. The minimum absolute atomic E-state index is 0.0484. The van der Waals surface area contributed by atoms with E-state index in [0.29, 0.717) is 0 Å². The summed E-state index contributed by atoms with van der Waals surface area (Å²) < 4.78 is 19.5. The number of ether oxygens (including phenoxy) is 2. The summed E-state index contributed by atoms with van der Waals surface area (Å²) in [6.07, 6.45) is 5.93. The van der Waals surface area contributed by atoms with Crippen LogP contribution in [0.3, 0.4) is 0 Å². The van der Waals surface area contributed by atoms with Crippen LogP contribution in [0.5, 0.6) is 0 Å². The Morgan fingerprint density at radius 3 is 2.45 bits per heavy atom. The van der Waals surface area contributed by atoms with E-state index in [1.54, 1.807) is 0 Å². The Hall–Kier alpha value is -1.11. The number of esters is 1. The molecule has 2 aliphatic rings. The molecule has 160 valence electrons. The van der Waals surface area contributed by atoms with E-state index in [2.05, 4.69) is 74.1 Å². The van der Waals surface area contributed by atoms with Crippen molar-refractivity contribution in [2.24, 2.45) is 5.92 Å². The van der Waals surface area contributed by atoms with Crippen molar-refractivity contribution in [1.29, 1.82) is 0 Å². The summed E-state index contributed by atoms with van der Waals surface area (Å²) in [6.45, 7) is 11.2. The SMILES string of the molecule is COC(=O)C1=C[C@H](c2ccc(Br)cc2)[C@@H]2CCCC[C@@]2(O[Si](C)(C)C(C)(C)C)O1. The largest absolute Gasteiger partial charge is 0.463 e. The fourth-order valence-corrected chi connectivity index (χ4v) is 5.91. The minimum atomic E-state index is -2.14. The van der Waals surface area contributed by atoms with Gasteiger partial charge < -0.3 is 13.9 Å². The first kappa shape index (κ1) is 22.6. The fraction of sp³-hybridized carbons (Fsp3) is 0.609. The number of benzene rings is 1. The van der Waals surface area contributed by atoms with Crippen LogP contribution >= 0.6 is 15.9 Å². The lowest BCUT2D eigenvalue weighted by Crippen LogP contribution is -2.58. The average molecular weight is 482 g/mol. The Morgan fingerprint density at radius 2 is 1.86 bits per heavy atom. The summed E-state index contributed by atoms with van der Waals surface area (Å²) in [6, 6.07) is 8.35. The van der Waals surface area contributed by atoms with Crippen molar-refractivity contribution in [3.63, 3.8) is 0 Å². The topological polar surface area (TPSA) is 44.8 Å². The van der Waals surface area contributed by atoms with E-state index in [9.17, 15) is 4.79 Å². The van der Waals surface area contributed by atoms with Crippen LogP contribution in [0, 0.1) is 5.92 Å². The molecule has 0 amide bonds. The van der Waals surface area contributed by atoms with E-state index >= 15 is 0 Å². The molecular weight excluding hydrogens is 448 g/mol. The molecule has 0 bridgehead atoms. The maximum Gasteiger partial charge on any atom is 0.373 e. The molecule has 1 aromatic carbocycles. The van der Waals surface area contributed by atoms with Crippen LogP contribution in [0.4, 0.5) is 0 Å². The summed E-state index contributed by atoms with van der Waals surface area (Å²) in [5, 5.41) is 0.0484. The Labute approximate surface area is 184 Å². The van der Waals surface area contributed by atoms with Crippen LogP contribution in [0.15, 0.2) is 40.6 Å². The maximum atomic E-state index is 12.5. The van der Waals surface area contributed by atoms with Gasteiger partial charge in [-0.15, -0.1) is 0 Å². The summed E-state index contributed by atoms with van der Waals surface area (Å²) >= 11 is 3.52.